The molecule has 2 aromatic heterocycles. The molecule has 0 saturated heterocycles. The summed E-state index contributed by atoms with van der Waals surface area (Å²) in [6.45, 7) is 3.89. The highest BCUT2D eigenvalue weighted by atomic mass is 32.2. The molecule has 0 aliphatic carbocycles. The smallest absolute Gasteiger partial charge is 0.250 e. The van der Waals surface area contributed by atoms with Crippen LogP contribution in [0.3, 0.4) is 0 Å². The summed E-state index contributed by atoms with van der Waals surface area (Å²) in [7, 11) is -3.56. The van der Waals surface area contributed by atoms with Crippen molar-refractivity contribution in [3.05, 3.63) is 35.0 Å². The van der Waals surface area contributed by atoms with Crippen LogP contribution in [-0.4, -0.2) is 29.3 Å². The van der Waals surface area contributed by atoms with Gasteiger partial charge in [-0.05, 0) is 31.5 Å². The quantitative estimate of drug-likeness (QED) is 0.836. The lowest BCUT2D eigenvalue weighted by Gasteiger charge is -2.13. The Bertz CT molecular complexity index is 662. The van der Waals surface area contributed by atoms with Crippen LogP contribution in [0.2, 0.25) is 0 Å². The molecule has 110 valence electrons. The van der Waals surface area contributed by atoms with Gasteiger partial charge in [0.25, 0.3) is 0 Å². The molecule has 0 aliphatic heterocycles. The molecular weight excluding hydrogens is 298 g/mol. The Morgan fingerprint density at radius 2 is 2.30 bits per heavy atom. The maximum atomic E-state index is 12.2. The Labute approximate surface area is 122 Å². The average Bonchev–Trinajstić information content (AvgIpc) is 2.97. The summed E-state index contributed by atoms with van der Waals surface area (Å²) in [6, 6.07) is 3.09. The van der Waals surface area contributed by atoms with Gasteiger partial charge in [0.05, 0.1) is 13.2 Å². The van der Waals surface area contributed by atoms with Gasteiger partial charge in [-0.3, -0.25) is 4.68 Å². The number of nitrogens with one attached hydrogen (secondary N) is 1. The number of nitrogens with zero attached hydrogens (tertiary/aromatic N) is 2. The van der Waals surface area contributed by atoms with E-state index >= 15 is 0 Å². The fourth-order valence-electron chi connectivity index (χ4n) is 1.83. The summed E-state index contributed by atoms with van der Waals surface area (Å²) >= 11 is 1.09. The first-order valence-corrected chi connectivity index (χ1v) is 8.42. The van der Waals surface area contributed by atoms with E-state index in [1.807, 2.05) is 0 Å². The van der Waals surface area contributed by atoms with E-state index in [0.717, 1.165) is 16.9 Å². The Balaban J connectivity index is 2.10. The van der Waals surface area contributed by atoms with E-state index in [4.69, 9.17) is 5.11 Å². The molecule has 2 rings (SSSR count). The SMILES string of the molecule is Cc1cc(S(=O)(=O)NC(C)Cn2cccn2)sc1CO. The van der Waals surface area contributed by atoms with Crippen LogP contribution in [0.25, 0.3) is 0 Å². The topological polar surface area (TPSA) is 84.2 Å². The number of aryl methyl sites for hydroxylation is 1. The van der Waals surface area contributed by atoms with E-state index in [0.29, 0.717) is 11.4 Å². The molecule has 0 fully saturated rings. The fraction of sp³-hybridized carbons (Fsp3) is 0.417. The maximum absolute atomic E-state index is 12.2. The van der Waals surface area contributed by atoms with Crippen molar-refractivity contribution in [2.24, 2.45) is 0 Å². The van der Waals surface area contributed by atoms with E-state index in [1.54, 1.807) is 43.1 Å². The normalized spacial score (nSPS) is 13.6. The molecule has 0 saturated carbocycles. The van der Waals surface area contributed by atoms with Crippen molar-refractivity contribution in [2.75, 3.05) is 0 Å². The molecule has 2 N–H and O–H groups in total. The standard InChI is InChI=1S/C12H17N3O3S2/c1-9-6-12(19-11(9)8-16)20(17,18)14-10(2)7-15-5-3-4-13-15/h3-6,10,14,16H,7-8H2,1-2H3. The molecule has 1 atom stereocenters. The van der Waals surface area contributed by atoms with Gasteiger partial charge < -0.3 is 5.11 Å². The third-order valence-corrected chi connectivity index (χ3v) is 6.07. The first-order valence-electron chi connectivity index (χ1n) is 6.12. The van der Waals surface area contributed by atoms with Crippen LogP contribution < -0.4 is 4.72 Å². The van der Waals surface area contributed by atoms with Crippen LogP contribution in [0.5, 0.6) is 0 Å². The predicted octanol–water partition coefficient (Wildman–Crippen LogP) is 1.11. The molecule has 1 unspecified atom stereocenters. The average molecular weight is 315 g/mol. The van der Waals surface area contributed by atoms with Crippen molar-refractivity contribution >= 4 is 21.4 Å². The monoisotopic (exact) mass is 315 g/mol. The largest absolute Gasteiger partial charge is 0.391 e. The summed E-state index contributed by atoms with van der Waals surface area (Å²) in [5, 5.41) is 13.2. The maximum Gasteiger partial charge on any atom is 0.250 e. The number of rotatable bonds is 6. The van der Waals surface area contributed by atoms with Gasteiger partial charge in [-0.1, -0.05) is 0 Å². The van der Waals surface area contributed by atoms with Crippen molar-refractivity contribution in [3.63, 3.8) is 0 Å². The highest BCUT2D eigenvalue weighted by Gasteiger charge is 2.21. The summed E-state index contributed by atoms with van der Waals surface area (Å²) in [4.78, 5) is 0.671. The van der Waals surface area contributed by atoms with Crippen LogP contribution in [-0.2, 0) is 23.2 Å². The first-order chi connectivity index (χ1) is 9.42. The Kier molecular flexibility index (Phi) is 4.59. The van der Waals surface area contributed by atoms with Gasteiger partial charge in [-0.2, -0.15) is 5.10 Å². The summed E-state index contributed by atoms with van der Waals surface area (Å²) in [5.74, 6) is 0. The zero-order chi connectivity index (χ0) is 14.8. The van der Waals surface area contributed by atoms with Crippen molar-refractivity contribution in [1.29, 1.82) is 0 Å². The van der Waals surface area contributed by atoms with Gasteiger partial charge in [0.2, 0.25) is 10.0 Å². The second-order valence-corrected chi connectivity index (χ2v) is 7.66. The summed E-state index contributed by atoms with van der Waals surface area (Å²) in [5.41, 5.74) is 0.789. The second-order valence-electron chi connectivity index (χ2n) is 4.58. The van der Waals surface area contributed by atoms with E-state index in [-0.39, 0.29) is 16.9 Å². The molecule has 2 aromatic rings. The Morgan fingerprint density at radius 1 is 1.55 bits per heavy atom. The minimum absolute atomic E-state index is 0.144. The van der Waals surface area contributed by atoms with E-state index in [1.165, 1.54) is 0 Å². The van der Waals surface area contributed by atoms with Gasteiger partial charge in [0.1, 0.15) is 4.21 Å². The minimum Gasteiger partial charge on any atom is -0.391 e. The minimum atomic E-state index is -3.56. The number of sulfonamides is 1. The second kappa shape index (κ2) is 6.04. The van der Waals surface area contributed by atoms with Crippen LogP contribution in [0.1, 0.15) is 17.4 Å². The molecule has 8 heteroatoms. The van der Waals surface area contributed by atoms with Crippen LogP contribution in [0, 0.1) is 6.92 Å². The molecule has 0 spiro atoms. The molecule has 0 aliphatic rings. The molecule has 0 bridgehead atoms. The van der Waals surface area contributed by atoms with Crippen molar-refractivity contribution in [3.8, 4) is 0 Å². The number of aliphatic hydroxyl groups is 1. The highest BCUT2D eigenvalue weighted by Crippen LogP contribution is 2.26. The molecule has 2 heterocycles. The van der Waals surface area contributed by atoms with E-state index < -0.39 is 10.0 Å². The molecule has 20 heavy (non-hydrogen) atoms. The number of aromatic nitrogens is 2. The van der Waals surface area contributed by atoms with E-state index in [9.17, 15) is 8.42 Å². The lowest BCUT2D eigenvalue weighted by Crippen LogP contribution is -2.35. The van der Waals surface area contributed by atoms with Crippen LogP contribution in [0.4, 0.5) is 0 Å². The summed E-state index contributed by atoms with van der Waals surface area (Å²) in [6.07, 6.45) is 3.43. The lowest BCUT2D eigenvalue weighted by atomic mass is 10.3. The van der Waals surface area contributed by atoms with Gasteiger partial charge >= 0.3 is 0 Å². The first kappa shape index (κ1) is 15.2. The van der Waals surface area contributed by atoms with E-state index in [2.05, 4.69) is 9.82 Å². The van der Waals surface area contributed by atoms with Crippen molar-refractivity contribution in [2.45, 2.75) is 37.3 Å². The number of hydrogen-bond donors (Lipinski definition) is 2. The Morgan fingerprint density at radius 3 is 2.85 bits per heavy atom. The van der Waals surface area contributed by atoms with Gasteiger partial charge in [-0.15, -0.1) is 11.3 Å². The Hall–Kier alpha value is -1.22. The van der Waals surface area contributed by atoms with Crippen LogP contribution in [0.15, 0.2) is 28.7 Å². The van der Waals surface area contributed by atoms with Gasteiger partial charge in [-0.25, -0.2) is 13.1 Å². The van der Waals surface area contributed by atoms with Crippen LogP contribution >= 0.6 is 11.3 Å². The molecule has 0 amide bonds. The molecular formula is C12H17N3O3S2. The zero-order valence-electron chi connectivity index (χ0n) is 11.3. The van der Waals surface area contributed by atoms with Gasteiger partial charge in [0, 0.05) is 23.3 Å². The van der Waals surface area contributed by atoms with Gasteiger partial charge in [0.15, 0.2) is 0 Å². The third-order valence-electron chi connectivity index (χ3n) is 2.78. The third kappa shape index (κ3) is 3.45. The number of thiophene rings is 1. The molecule has 0 aromatic carbocycles. The lowest BCUT2D eigenvalue weighted by molar-refractivity contribution is 0.285. The van der Waals surface area contributed by atoms with Crippen molar-refractivity contribution < 1.29 is 13.5 Å². The molecule has 0 radical (unpaired) electrons. The fourth-order valence-corrected chi connectivity index (χ4v) is 4.53. The van der Waals surface area contributed by atoms with Crippen molar-refractivity contribution in [1.82, 2.24) is 14.5 Å². The highest BCUT2D eigenvalue weighted by molar-refractivity contribution is 7.91. The molecule has 6 nitrogen and oxygen atoms in total. The summed E-state index contributed by atoms with van der Waals surface area (Å²) < 4.78 is 29.0. The zero-order valence-corrected chi connectivity index (χ0v) is 12.9. The predicted molar refractivity (Wildman–Crippen MR) is 77.0 cm³/mol. The number of hydrogen-bond acceptors (Lipinski definition) is 5. The number of aliphatic hydroxyl groups excluding tert-OH is 1.